The van der Waals surface area contributed by atoms with Crippen LogP contribution < -0.4 is 10.4 Å². The number of halogens is 1. The van der Waals surface area contributed by atoms with Gasteiger partial charge in [0.25, 0.3) is 15.9 Å². The van der Waals surface area contributed by atoms with Gasteiger partial charge in [-0.15, -0.1) is 0 Å². The van der Waals surface area contributed by atoms with Gasteiger partial charge in [-0.05, 0) is 63.9 Å². The molecule has 3 rings (SSSR count). The number of carbonyl (C=O) groups excluding carboxylic acids is 2. The van der Waals surface area contributed by atoms with E-state index in [4.69, 9.17) is 16.3 Å². The van der Waals surface area contributed by atoms with Crippen molar-refractivity contribution in [3.63, 3.8) is 0 Å². The molecule has 0 aromatic heterocycles. The summed E-state index contributed by atoms with van der Waals surface area (Å²) in [5.74, 6) is -2.19. The summed E-state index contributed by atoms with van der Waals surface area (Å²) < 4.78 is 31.7. The maximum absolute atomic E-state index is 13.3. The molecule has 1 aliphatic rings. The highest BCUT2D eigenvalue weighted by molar-refractivity contribution is 7.89. The predicted molar refractivity (Wildman–Crippen MR) is 129 cm³/mol. The van der Waals surface area contributed by atoms with E-state index < -0.39 is 45.0 Å². The van der Waals surface area contributed by atoms with Crippen molar-refractivity contribution in [1.82, 2.24) is 9.73 Å². The number of hydrazine groups is 1. The Hall–Kier alpha value is -3.31. The summed E-state index contributed by atoms with van der Waals surface area (Å²) in [6.45, 7) is 5.26. The number of nitrogens with zero attached hydrogens (tertiary/aromatic N) is 2. The average Bonchev–Trinajstić information content (AvgIpc) is 3.05. The van der Waals surface area contributed by atoms with E-state index in [9.17, 15) is 27.9 Å². The third-order valence-electron chi connectivity index (χ3n) is 5.07. The van der Waals surface area contributed by atoms with Crippen LogP contribution in [0.25, 0.3) is 0 Å². The summed E-state index contributed by atoms with van der Waals surface area (Å²) in [5.41, 5.74) is 3.52. The molecule has 10 nitrogen and oxygen atoms in total. The first-order valence-electron chi connectivity index (χ1n) is 10.7. The summed E-state index contributed by atoms with van der Waals surface area (Å²) in [4.78, 5) is 36.3. The van der Waals surface area contributed by atoms with Crippen molar-refractivity contribution in [3.8, 4) is 0 Å². The third kappa shape index (κ3) is 5.85. The SMILES string of the molecule is CC1Cc2ccccc2N1NC(=O)c1ccc(Cl)c(S(=O)(=O)N(CC(=O)O)C(=O)OC(C)(C)C)c1. The van der Waals surface area contributed by atoms with Crippen LogP contribution >= 0.6 is 11.6 Å². The van der Waals surface area contributed by atoms with Crippen LogP contribution in [0.4, 0.5) is 10.5 Å². The summed E-state index contributed by atoms with van der Waals surface area (Å²) >= 11 is 6.12. The number of hydrogen-bond acceptors (Lipinski definition) is 7. The van der Waals surface area contributed by atoms with Crippen molar-refractivity contribution in [2.75, 3.05) is 11.6 Å². The molecule has 0 saturated carbocycles. The fraction of sp³-hybridized carbons (Fsp3) is 0.348. The number of aliphatic carboxylic acids is 1. The lowest BCUT2D eigenvalue weighted by Crippen LogP contribution is -2.46. The van der Waals surface area contributed by atoms with Crippen molar-refractivity contribution in [1.29, 1.82) is 0 Å². The van der Waals surface area contributed by atoms with Gasteiger partial charge in [0.15, 0.2) is 0 Å². The number of para-hydroxylation sites is 1. The quantitative estimate of drug-likeness (QED) is 0.588. The van der Waals surface area contributed by atoms with Crippen molar-refractivity contribution in [2.24, 2.45) is 0 Å². The number of sulfonamides is 1. The highest BCUT2D eigenvalue weighted by Crippen LogP contribution is 2.31. The second-order valence-electron chi connectivity index (χ2n) is 9.02. The van der Waals surface area contributed by atoms with E-state index in [1.807, 2.05) is 31.2 Å². The molecule has 2 aromatic rings. The Morgan fingerprint density at radius 1 is 1.20 bits per heavy atom. The van der Waals surface area contributed by atoms with Gasteiger partial charge in [-0.1, -0.05) is 29.8 Å². The van der Waals surface area contributed by atoms with E-state index in [-0.39, 0.29) is 20.9 Å². The molecule has 12 heteroatoms. The standard InChI is InChI=1S/C23H26ClN3O7S/c1-14-11-15-7-5-6-8-18(15)27(14)25-21(30)16-9-10-17(24)19(12-16)35(32,33)26(13-20(28)29)22(31)34-23(2,3)4/h5-10,12,14H,11,13H2,1-4H3,(H,25,30)(H,28,29). The van der Waals surface area contributed by atoms with E-state index in [2.05, 4.69) is 5.43 Å². The van der Waals surface area contributed by atoms with E-state index in [1.54, 1.807) is 5.01 Å². The molecule has 2 amide bonds. The minimum atomic E-state index is -4.79. The number of ether oxygens (including phenoxy) is 1. The number of carbonyl (C=O) groups is 3. The van der Waals surface area contributed by atoms with Crippen LogP contribution in [0.2, 0.25) is 5.02 Å². The Bertz CT molecular complexity index is 1270. The highest BCUT2D eigenvalue weighted by atomic mass is 35.5. The number of amides is 2. The smallest absolute Gasteiger partial charge is 0.424 e. The van der Waals surface area contributed by atoms with Gasteiger partial charge in [-0.2, -0.15) is 4.31 Å². The number of carboxylic acid groups (broad SMARTS) is 1. The van der Waals surface area contributed by atoms with Crippen LogP contribution in [0, 0.1) is 0 Å². The van der Waals surface area contributed by atoms with Crippen LogP contribution in [0.15, 0.2) is 47.4 Å². The molecule has 0 saturated heterocycles. The first-order chi connectivity index (χ1) is 16.2. The Morgan fingerprint density at radius 3 is 2.49 bits per heavy atom. The van der Waals surface area contributed by atoms with Gasteiger partial charge in [0, 0.05) is 5.56 Å². The summed E-state index contributed by atoms with van der Waals surface area (Å²) in [7, 11) is -4.79. The summed E-state index contributed by atoms with van der Waals surface area (Å²) in [5, 5.41) is 10.6. The lowest BCUT2D eigenvalue weighted by molar-refractivity contribution is -0.137. The van der Waals surface area contributed by atoms with Crippen molar-refractivity contribution >= 4 is 45.3 Å². The highest BCUT2D eigenvalue weighted by Gasteiger charge is 2.36. The average molecular weight is 524 g/mol. The maximum Gasteiger partial charge on any atom is 0.424 e. The fourth-order valence-electron chi connectivity index (χ4n) is 3.55. The Labute approximate surface area is 208 Å². The molecule has 2 N–H and O–H groups in total. The summed E-state index contributed by atoms with van der Waals surface area (Å²) in [6.07, 6.45) is -0.662. The molecule has 188 valence electrons. The van der Waals surface area contributed by atoms with E-state index in [0.717, 1.165) is 23.7 Å². The van der Waals surface area contributed by atoms with Gasteiger partial charge >= 0.3 is 12.1 Å². The van der Waals surface area contributed by atoms with Crippen molar-refractivity contribution in [2.45, 2.75) is 50.7 Å². The molecule has 1 atom stereocenters. The van der Waals surface area contributed by atoms with Crippen molar-refractivity contribution in [3.05, 3.63) is 58.6 Å². The van der Waals surface area contributed by atoms with Gasteiger partial charge < -0.3 is 9.84 Å². The number of rotatable bonds is 6. The summed E-state index contributed by atoms with van der Waals surface area (Å²) in [6, 6.07) is 11.1. The largest absolute Gasteiger partial charge is 0.480 e. The third-order valence-corrected chi connectivity index (χ3v) is 7.26. The monoisotopic (exact) mass is 523 g/mol. The van der Waals surface area contributed by atoms with Gasteiger partial charge in [0.05, 0.1) is 16.8 Å². The molecule has 2 aromatic carbocycles. The molecular formula is C23H26ClN3O7S. The van der Waals surface area contributed by atoms with Crippen LogP contribution in [-0.2, 0) is 26.0 Å². The van der Waals surface area contributed by atoms with Crippen LogP contribution in [-0.4, -0.2) is 54.0 Å². The molecule has 1 aliphatic heterocycles. The first-order valence-corrected chi connectivity index (χ1v) is 12.5. The number of fused-ring (bicyclic) bond motifs is 1. The number of carboxylic acids is 1. The second-order valence-corrected chi connectivity index (χ2v) is 11.3. The molecule has 0 fully saturated rings. The van der Waals surface area contributed by atoms with Crippen LogP contribution in [0.5, 0.6) is 0 Å². The molecule has 1 heterocycles. The molecule has 0 aliphatic carbocycles. The normalized spacial score (nSPS) is 15.3. The lowest BCUT2D eigenvalue weighted by Gasteiger charge is -2.27. The fourth-order valence-corrected chi connectivity index (χ4v) is 5.31. The van der Waals surface area contributed by atoms with Gasteiger partial charge in [-0.25, -0.2) is 13.2 Å². The number of benzene rings is 2. The molecule has 0 bridgehead atoms. The number of nitrogens with one attached hydrogen (secondary N) is 1. The van der Waals surface area contributed by atoms with Crippen LogP contribution in [0.3, 0.4) is 0 Å². The molecule has 0 radical (unpaired) electrons. The zero-order valence-corrected chi connectivity index (χ0v) is 21.2. The van der Waals surface area contributed by atoms with Gasteiger partial charge in [-0.3, -0.25) is 20.0 Å². The first kappa shape index (κ1) is 26.3. The topological polar surface area (TPSA) is 133 Å². The van der Waals surface area contributed by atoms with Gasteiger partial charge in [0.2, 0.25) is 0 Å². The molecular weight excluding hydrogens is 498 g/mol. The minimum absolute atomic E-state index is 0.0370. The Balaban J connectivity index is 1.94. The number of anilines is 1. The minimum Gasteiger partial charge on any atom is -0.480 e. The van der Waals surface area contributed by atoms with E-state index in [0.29, 0.717) is 0 Å². The van der Waals surface area contributed by atoms with Gasteiger partial charge in [0.1, 0.15) is 17.0 Å². The van der Waals surface area contributed by atoms with E-state index in [1.165, 1.54) is 32.9 Å². The van der Waals surface area contributed by atoms with E-state index >= 15 is 0 Å². The predicted octanol–water partition coefficient (Wildman–Crippen LogP) is 3.45. The second kappa shape index (κ2) is 9.74. The zero-order chi connectivity index (χ0) is 26.1. The molecule has 1 unspecified atom stereocenters. The molecule has 0 spiro atoms. The zero-order valence-electron chi connectivity index (χ0n) is 19.6. The van der Waals surface area contributed by atoms with Crippen LogP contribution in [0.1, 0.15) is 43.6 Å². The Morgan fingerprint density at radius 2 is 1.86 bits per heavy atom. The molecule has 35 heavy (non-hydrogen) atoms. The number of hydrogen-bond donors (Lipinski definition) is 2. The Kier molecular flexibility index (Phi) is 7.32. The van der Waals surface area contributed by atoms with Crippen molar-refractivity contribution < 1.29 is 32.6 Å². The maximum atomic E-state index is 13.3. The lowest BCUT2D eigenvalue weighted by atomic mass is 10.1.